The predicted octanol–water partition coefficient (Wildman–Crippen LogP) is 4.31. The molecular weight excluding hydrogens is 319 g/mol. The van der Waals surface area contributed by atoms with Crippen molar-refractivity contribution in [2.75, 3.05) is 0 Å². The molecule has 1 aliphatic carbocycles. The lowest BCUT2D eigenvalue weighted by atomic mass is 10.1. The molecule has 22 heavy (non-hydrogen) atoms. The molecule has 0 N–H and O–H groups in total. The number of hydrogen-bond donors (Lipinski definition) is 0. The van der Waals surface area contributed by atoms with Crippen molar-refractivity contribution in [2.45, 2.75) is 25.2 Å². The van der Waals surface area contributed by atoms with Gasteiger partial charge in [-0.3, -0.25) is 4.98 Å². The van der Waals surface area contributed by atoms with Crippen LogP contribution in [0.2, 0.25) is 10.2 Å². The summed E-state index contributed by atoms with van der Waals surface area (Å²) in [5.41, 5.74) is 2.73. The van der Waals surface area contributed by atoms with Gasteiger partial charge in [0.2, 0.25) is 0 Å². The molecule has 1 saturated carbocycles. The highest BCUT2D eigenvalue weighted by molar-refractivity contribution is 6.35. The molecule has 3 aromatic heterocycles. The van der Waals surface area contributed by atoms with Crippen LogP contribution >= 0.6 is 23.2 Å². The second kappa shape index (κ2) is 5.14. The van der Waals surface area contributed by atoms with Crippen molar-refractivity contribution in [3.05, 3.63) is 58.0 Å². The topological polar surface area (TPSA) is 51.6 Å². The third-order valence-electron chi connectivity index (χ3n) is 3.95. The number of nitrogens with zero attached hydrogens (tertiary/aromatic N) is 4. The molecule has 0 aromatic carbocycles. The third kappa shape index (κ3) is 2.42. The average molecular weight is 331 g/mol. The predicted molar refractivity (Wildman–Crippen MR) is 86.4 cm³/mol. The van der Waals surface area contributed by atoms with Crippen LogP contribution < -0.4 is 0 Å². The van der Waals surface area contributed by atoms with Gasteiger partial charge in [-0.25, -0.2) is 15.0 Å². The molecule has 0 bridgehead atoms. The van der Waals surface area contributed by atoms with Crippen molar-refractivity contribution in [2.24, 2.45) is 0 Å². The molecule has 0 aliphatic heterocycles. The fraction of sp³-hybridized carbons (Fsp3) is 0.250. The summed E-state index contributed by atoms with van der Waals surface area (Å²) in [6.07, 6.45) is 4.46. The molecule has 3 aromatic rings. The number of fused-ring (bicyclic) bond motifs is 1. The van der Waals surface area contributed by atoms with E-state index in [-0.39, 0.29) is 0 Å². The summed E-state index contributed by atoms with van der Waals surface area (Å²) in [6.45, 7) is 1.97. The van der Waals surface area contributed by atoms with E-state index in [1.165, 1.54) is 0 Å². The van der Waals surface area contributed by atoms with Crippen LogP contribution in [0.5, 0.6) is 0 Å². The zero-order chi connectivity index (χ0) is 15.3. The van der Waals surface area contributed by atoms with Gasteiger partial charge in [-0.1, -0.05) is 23.2 Å². The number of pyridine rings is 2. The van der Waals surface area contributed by atoms with Crippen LogP contribution in [0.15, 0.2) is 30.6 Å². The fourth-order valence-electron chi connectivity index (χ4n) is 2.72. The van der Waals surface area contributed by atoms with E-state index >= 15 is 0 Å². The Hall–Kier alpha value is -1.78. The Labute approximate surface area is 137 Å². The van der Waals surface area contributed by atoms with E-state index in [1.54, 1.807) is 18.5 Å². The summed E-state index contributed by atoms with van der Waals surface area (Å²) in [6, 6.07) is 5.56. The highest BCUT2D eigenvalue weighted by Gasteiger charge is 2.43. The number of hydrogen-bond acceptors (Lipinski definition) is 4. The maximum atomic E-state index is 6.35. The smallest absolute Gasteiger partial charge is 0.132 e. The van der Waals surface area contributed by atoms with Gasteiger partial charge in [-0.05, 0) is 25.5 Å². The van der Waals surface area contributed by atoms with Crippen LogP contribution in [-0.4, -0.2) is 19.9 Å². The van der Waals surface area contributed by atoms with E-state index in [4.69, 9.17) is 28.2 Å². The van der Waals surface area contributed by atoms with Crippen LogP contribution in [-0.2, 0) is 0 Å². The van der Waals surface area contributed by atoms with E-state index in [9.17, 15) is 0 Å². The number of halogens is 2. The molecule has 3 heterocycles. The monoisotopic (exact) mass is 330 g/mol. The SMILES string of the molecule is Cc1ccnc([C@H]2C[C@@H]2c2cc(Cl)c3cnc(Cl)cc3n2)n1. The van der Waals surface area contributed by atoms with Gasteiger partial charge in [0.25, 0.3) is 0 Å². The molecule has 0 spiro atoms. The molecule has 6 heteroatoms. The van der Waals surface area contributed by atoms with Crippen LogP contribution in [0.3, 0.4) is 0 Å². The first kappa shape index (κ1) is 13.9. The lowest BCUT2D eigenvalue weighted by Gasteiger charge is -2.05. The third-order valence-corrected chi connectivity index (χ3v) is 4.47. The molecule has 0 unspecified atom stereocenters. The van der Waals surface area contributed by atoms with E-state index in [2.05, 4.69) is 15.0 Å². The first-order valence-electron chi connectivity index (χ1n) is 7.03. The highest BCUT2D eigenvalue weighted by Crippen LogP contribution is 2.53. The normalized spacial score (nSPS) is 20.3. The van der Waals surface area contributed by atoms with Crippen LogP contribution in [0.1, 0.15) is 35.5 Å². The minimum absolute atomic E-state index is 0.315. The van der Waals surface area contributed by atoms with Crippen molar-refractivity contribution in [1.82, 2.24) is 19.9 Å². The summed E-state index contributed by atoms with van der Waals surface area (Å²) in [7, 11) is 0. The number of aryl methyl sites for hydroxylation is 1. The average Bonchev–Trinajstić information content (AvgIpc) is 3.27. The molecule has 1 aliphatic rings. The molecular formula is C16H12Cl2N4. The molecule has 0 saturated heterocycles. The van der Waals surface area contributed by atoms with Crippen molar-refractivity contribution in [3.63, 3.8) is 0 Å². The Morgan fingerprint density at radius 3 is 2.77 bits per heavy atom. The maximum absolute atomic E-state index is 6.35. The van der Waals surface area contributed by atoms with Gasteiger partial charge >= 0.3 is 0 Å². The molecule has 110 valence electrons. The van der Waals surface area contributed by atoms with Gasteiger partial charge in [-0.15, -0.1) is 0 Å². The van der Waals surface area contributed by atoms with Crippen molar-refractivity contribution in [1.29, 1.82) is 0 Å². The summed E-state index contributed by atoms with van der Waals surface area (Å²) in [5.74, 6) is 1.52. The second-order valence-electron chi connectivity index (χ2n) is 5.56. The minimum Gasteiger partial charge on any atom is -0.252 e. The molecule has 4 nitrogen and oxygen atoms in total. The van der Waals surface area contributed by atoms with E-state index in [0.717, 1.165) is 34.5 Å². The van der Waals surface area contributed by atoms with Gasteiger partial charge in [0.1, 0.15) is 11.0 Å². The number of rotatable bonds is 2. The van der Waals surface area contributed by atoms with Crippen molar-refractivity contribution >= 4 is 34.1 Å². The second-order valence-corrected chi connectivity index (χ2v) is 6.35. The molecule has 0 radical (unpaired) electrons. The standard InChI is InChI=1S/C16H12Cl2N4/c1-8-2-3-19-16(21-8)10-4-9(10)13-5-12(17)11-7-20-15(18)6-14(11)22-13/h2-3,5-7,9-10H,4H2,1H3/t9-,10-/m0/s1. The lowest BCUT2D eigenvalue weighted by molar-refractivity contribution is 0.867. The largest absolute Gasteiger partial charge is 0.252 e. The van der Waals surface area contributed by atoms with E-state index in [1.807, 2.05) is 19.1 Å². The zero-order valence-corrected chi connectivity index (χ0v) is 13.3. The summed E-state index contributed by atoms with van der Waals surface area (Å²) in [5, 5.41) is 1.89. The van der Waals surface area contributed by atoms with Crippen LogP contribution in [0, 0.1) is 6.92 Å². The van der Waals surface area contributed by atoms with Gasteiger partial charge in [0, 0.05) is 47.1 Å². The maximum Gasteiger partial charge on any atom is 0.132 e. The van der Waals surface area contributed by atoms with Crippen LogP contribution in [0.25, 0.3) is 10.9 Å². The Bertz CT molecular complexity index is 881. The fourth-order valence-corrected chi connectivity index (χ4v) is 3.13. The zero-order valence-electron chi connectivity index (χ0n) is 11.8. The first-order chi connectivity index (χ1) is 10.6. The van der Waals surface area contributed by atoms with Crippen LogP contribution in [0.4, 0.5) is 0 Å². The van der Waals surface area contributed by atoms with Gasteiger partial charge in [0.15, 0.2) is 0 Å². The number of aromatic nitrogens is 4. The Balaban J connectivity index is 1.71. The van der Waals surface area contributed by atoms with E-state index in [0.29, 0.717) is 22.0 Å². The quantitative estimate of drug-likeness (QED) is 0.657. The molecule has 0 amide bonds. The van der Waals surface area contributed by atoms with Gasteiger partial charge in [-0.2, -0.15) is 0 Å². The summed E-state index contributed by atoms with van der Waals surface area (Å²) in [4.78, 5) is 17.6. The van der Waals surface area contributed by atoms with Crippen molar-refractivity contribution < 1.29 is 0 Å². The lowest BCUT2D eigenvalue weighted by Crippen LogP contribution is -1.96. The Kier molecular flexibility index (Phi) is 3.24. The molecule has 4 rings (SSSR count). The van der Waals surface area contributed by atoms with E-state index < -0.39 is 0 Å². The minimum atomic E-state index is 0.315. The summed E-state index contributed by atoms with van der Waals surface area (Å²) < 4.78 is 0. The highest BCUT2D eigenvalue weighted by atomic mass is 35.5. The van der Waals surface area contributed by atoms with Gasteiger partial charge < -0.3 is 0 Å². The van der Waals surface area contributed by atoms with Crippen molar-refractivity contribution in [3.8, 4) is 0 Å². The molecule has 1 fully saturated rings. The summed E-state index contributed by atoms with van der Waals surface area (Å²) >= 11 is 12.3. The molecule has 2 atom stereocenters. The Morgan fingerprint density at radius 1 is 1.09 bits per heavy atom. The first-order valence-corrected chi connectivity index (χ1v) is 7.78. The Morgan fingerprint density at radius 2 is 1.95 bits per heavy atom. The van der Waals surface area contributed by atoms with Gasteiger partial charge in [0.05, 0.1) is 10.5 Å².